The summed E-state index contributed by atoms with van der Waals surface area (Å²) in [6.07, 6.45) is 17.4. The summed E-state index contributed by atoms with van der Waals surface area (Å²) in [5, 5.41) is 5.49. The smallest absolute Gasteiger partial charge is 0.109 e. The van der Waals surface area contributed by atoms with Gasteiger partial charge in [-0.1, -0.05) is 76.9 Å². The molecule has 0 bridgehead atoms. The molecule has 0 unspecified atom stereocenters. The maximum Gasteiger partial charge on any atom is -0.109 e. The first-order valence-electron chi connectivity index (χ1n) is 13.4. The molecule has 3 heteroatoms. The van der Waals surface area contributed by atoms with E-state index >= 15 is 0 Å². The van der Waals surface area contributed by atoms with E-state index in [1.54, 1.807) is 27.4 Å². The fourth-order valence-corrected chi connectivity index (χ4v) is 5.52. The molecular weight excluding hydrogens is 571 g/mol. The molecule has 2 aliphatic rings. The van der Waals surface area contributed by atoms with Crippen molar-refractivity contribution in [2.75, 3.05) is 0 Å². The molecule has 0 aromatic heterocycles. The first kappa shape index (κ1) is 34.2. The summed E-state index contributed by atoms with van der Waals surface area (Å²) >= 11 is 1.66. The second-order valence-electron chi connectivity index (χ2n) is 12.3. The SMILES string of the molecule is CC(C)(C)c1ccc2[cH-]c3ccc(C(C)(C)C)cc3c2c1.C[C](=[Zr+2])C1CCCCC1.[C-]1=CC=CC1.[Cl-].[Cl-]. The normalized spacial score (nSPS) is 15.3. The van der Waals surface area contributed by atoms with E-state index in [0.29, 0.717) is 0 Å². The monoisotopic (exact) mass is 612 g/mol. The molecule has 2 aliphatic carbocycles. The van der Waals surface area contributed by atoms with E-state index in [0.717, 1.165) is 12.3 Å². The second kappa shape index (κ2) is 15.1. The first-order valence-corrected chi connectivity index (χ1v) is 14.6. The van der Waals surface area contributed by atoms with E-state index in [9.17, 15) is 0 Å². The van der Waals surface area contributed by atoms with Crippen molar-refractivity contribution in [3.63, 3.8) is 0 Å². The van der Waals surface area contributed by atoms with E-state index in [4.69, 9.17) is 0 Å². The summed E-state index contributed by atoms with van der Waals surface area (Å²) < 4.78 is 1.74. The third-order valence-electron chi connectivity index (χ3n) is 7.24. The second-order valence-corrected chi connectivity index (χ2v) is 14.2. The molecule has 5 rings (SSSR count). The molecule has 0 spiro atoms. The van der Waals surface area contributed by atoms with Gasteiger partial charge in [-0.2, -0.15) is 6.08 Å². The van der Waals surface area contributed by atoms with Crippen LogP contribution in [0.15, 0.2) is 60.7 Å². The molecule has 0 amide bonds. The minimum absolute atomic E-state index is 0. The van der Waals surface area contributed by atoms with Crippen LogP contribution in [0.4, 0.5) is 0 Å². The van der Waals surface area contributed by atoms with E-state index in [1.165, 1.54) is 64.8 Å². The minimum atomic E-state index is 0. The largest absolute Gasteiger partial charge is 1.00 e. The van der Waals surface area contributed by atoms with Crippen molar-refractivity contribution in [1.82, 2.24) is 0 Å². The molecule has 1 saturated carbocycles. The summed E-state index contributed by atoms with van der Waals surface area (Å²) in [5.74, 6) is 1.01. The molecule has 3 aromatic rings. The zero-order valence-electron chi connectivity index (χ0n) is 23.8. The van der Waals surface area contributed by atoms with Crippen LogP contribution in [0.5, 0.6) is 0 Å². The molecule has 0 saturated heterocycles. The van der Waals surface area contributed by atoms with Gasteiger partial charge in [0.05, 0.1) is 0 Å². The molecule has 0 heterocycles. The van der Waals surface area contributed by atoms with E-state index in [1.807, 2.05) is 12.2 Å². The van der Waals surface area contributed by atoms with Gasteiger partial charge in [0.2, 0.25) is 0 Å². The van der Waals surface area contributed by atoms with E-state index in [2.05, 4.69) is 103 Å². The topological polar surface area (TPSA) is 0 Å². The molecule has 0 radical (unpaired) electrons. The van der Waals surface area contributed by atoms with Gasteiger partial charge in [-0.15, -0.1) is 46.2 Å². The Hall–Kier alpha value is -0.877. The van der Waals surface area contributed by atoms with Crippen LogP contribution >= 0.6 is 0 Å². The Morgan fingerprint density at radius 3 is 1.59 bits per heavy atom. The van der Waals surface area contributed by atoms with Crippen LogP contribution < -0.4 is 24.8 Å². The van der Waals surface area contributed by atoms with Crippen molar-refractivity contribution >= 4 is 24.8 Å². The average Bonchev–Trinajstić information content (AvgIpc) is 3.50. The van der Waals surface area contributed by atoms with Crippen LogP contribution in [0.25, 0.3) is 21.5 Å². The Labute approximate surface area is 253 Å². The van der Waals surface area contributed by atoms with Crippen molar-refractivity contribution in [2.45, 2.75) is 97.8 Å². The predicted molar refractivity (Wildman–Crippen MR) is 153 cm³/mol. The number of hydrogen-bond donors (Lipinski definition) is 0. The molecular formula is C34H44Cl2Zr-2. The van der Waals surface area contributed by atoms with Crippen LogP contribution in [0, 0.1) is 12.0 Å². The number of rotatable bonds is 1. The molecule has 37 heavy (non-hydrogen) atoms. The molecule has 200 valence electrons. The number of hydrogen-bond acceptors (Lipinski definition) is 0. The van der Waals surface area contributed by atoms with Crippen LogP contribution in [-0.4, -0.2) is 3.21 Å². The Morgan fingerprint density at radius 1 is 0.811 bits per heavy atom. The predicted octanol–water partition coefficient (Wildman–Crippen LogP) is 3.93. The summed E-state index contributed by atoms with van der Waals surface area (Å²) in [7, 11) is 0. The number of halogens is 2. The summed E-state index contributed by atoms with van der Waals surface area (Å²) in [6, 6.07) is 16.1. The van der Waals surface area contributed by atoms with E-state index < -0.39 is 0 Å². The van der Waals surface area contributed by atoms with Crippen molar-refractivity contribution in [1.29, 1.82) is 0 Å². The Kier molecular flexibility index (Phi) is 13.9. The van der Waals surface area contributed by atoms with Crippen molar-refractivity contribution in [3.05, 3.63) is 77.9 Å². The van der Waals surface area contributed by atoms with Gasteiger partial charge in [0.25, 0.3) is 0 Å². The zero-order chi connectivity index (χ0) is 25.6. The van der Waals surface area contributed by atoms with Gasteiger partial charge in [0.1, 0.15) is 0 Å². The van der Waals surface area contributed by atoms with Gasteiger partial charge >= 0.3 is 72.4 Å². The maximum atomic E-state index is 2.99. The fraction of sp³-hybridized carbons (Fsp3) is 0.471. The summed E-state index contributed by atoms with van der Waals surface area (Å²) in [6.45, 7) is 16.0. The van der Waals surface area contributed by atoms with Crippen molar-refractivity contribution < 1.29 is 49.0 Å². The summed E-state index contributed by atoms with van der Waals surface area (Å²) in [4.78, 5) is 0. The third-order valence-corrected chi connectivity index (χ3v) is 8.25. The maximum absolute atomic E-state index is 2.99. The molecule has 0 nitrogen and oxygen atoms in total. The van der Waals surface area contributed by atoms with Crippen molar-refractivity contribution in [2.24, 2.45) is 5.92 Å². The average molecular weight is 615 g/mol. The van der Waals surface area contributed by atoms with Crippen molar-refractivity contribution in [3.8, 4) is 0 Å². The third kappa shape index (κ3) is 9.99. The Bertz CT molecular complexity index is 1110. The van der Waals surface area contributed by atoms with Crippen LogP contribution in [0.3, 0.4) is 0 Å². The fourth-order valence-electron chi connectivity index (χ4n) is 4.81. The quantitative estimate of drug-likeness (QED) is 0.365. The first-order chi connectivity index (χ1) is 16.5. The minimum Gasteiger partial charge on any atom is -1.00 e. The molecule has 3 aromatic carbocycles. The summed E-state index contributed by atoms with van der Waals surface area (Å²) in [5.41, 5.74) is 3.20. The van der Waals surface area contributed by atoms with Crippen LogP contribution in [-0.2, 0) is 35.1 Å². The zero-order valence-corrected chi connectivity index (χ0v) is 27.8. The standard InChI is InChI=1S/C21H25.C8H14.C5H5.2ClH.Zr/c1-20(2,3)16-9-7-14-11-15-8-10-17(21(4,5)6)13-19(15)18(14)12-16;1-2-8-6-4-3-5-7-8;1-2-4-5-3-1;;;/h7-13H,1-6H3;8H,3-7H2,1H3;1-3H,4H2;2*1H;/q-1;;-1;;;+2/p-2. The molecule has 0 aliphatic heterocycles. The molecule has 0 N–H and O–H groups in total. The van der Waals surface area contributed by atoms with Gasteiger partial charge in [0.15, 0.2) is 0 Å². The number of fused-ring (bicyclic) bond motifs is 3. The van der Waals surface area contributed by atoms with Gasteiger partial charge in [0, 0.05) is 0 Å². The Morgan fingerprint density at radius 2 is 1.30 bits per heavy atom. The van der Waals surface area contributed by atoms with Gasteiger partial charge in [-0.25, -0.2) is 12.2 Å². The van der Waals surface area contributed by atoms with Crippen LogP contribution in [0.2, 0.25) is 0 Å². The van der Waals surface area contributed by atoms with Crippen LogP contribution in [0.1, 0.15) is 98.1 Å². The van der Waals surface area contributed by atoms with E-state index in [-0.39, 0.29) is 35.6 Å². The van der Waals surface area contributed by atoms with Gasteiger partial charge in [-0.05, 0) is 10.8 Å². The molecule has 0 atom stereocenters. The van der Waals surface area contributed by atoms with Gasteiger partial charge in [-0.3, -0.25) is 6.08 Å². The number of allylic oxidation sites excluding steroid dienone is 4. The Balaban J connectivity index is 0.000000354. The van der Waals surface area contributed by atoms with Gasteiger partial charge < -0.3 is 24.8 Å². The number of benzene rings is 2. The molecule has 1 fully saturated rings.